The molecule has 28 heavy (non-hydrogen) atoms. The van der Waals surface area contributed by atoms with Gasteiger partial charge in [0, 0.05) is 31.9 Å². The largest absolute Gasteiger partial charge is 0.397 e. The number of nitrogens with zero attached hydrogens (tertiary/aromatic N) is 2. The highest BCUT2D eigenvalue weighted by Crippen LogP contribution is 2.25. The van der Waals surface area contributed by atoms with Crippen LogP contribution in [0.4, 0.5) is 21.5 Å². The molecule has 0 saturated carbocycles. The fraction of sp³-hybridized carbons (Fsp3) is 0.200. The molecule has 1 saturated heterocycles. The summed E-state index contributed by atoms with van der Waals surface area (Å²) in [6, 6.07) is 12.0. The maximum Gasteiger partial charge on any atom is 0.261 e. The number of rotatable bonds is 3. The van der Waals surface area contributed by atoms with Crippen LogP contribution in [-0.4, -0.2) is 37.0 Å². The van der Waals surface area contributed by atoms with Gasteiger partial charge in [-0.05, 0) is 36.4 Å². The number of H-pyrrole nitrogens is 1. The number of fused-ring (bicyclic) bond motifs is 1. The van der Waals surface area contributed by atoms with Crippen molar-refractivity contribution < 1.29 is 4.39 Å². The molecule has 4 rings (SSSR count). The summed E-state index contributed by atoms with van der Waals surface area (Å²) in [6.07, 6.45) is 0. The van der Waals surface area contributed by atoms with Crippen molar-refractivity contribution in [3.05, 3.63) is 64.2 Å². The van der Waals surface area contributed by atoms with E-state index < -0.39 is 11.4 Å². The molecule has 8 heteroatoms. The molecule has 0 radical (unpaired) electrons. The zero-order valence-corrected chi connectivity index (χ0v) is 15.2. The monoisotopic (exact) mass is 380 g/mol. The molecule has 144 valence electrons. The fourth-order valence-electron chi connectivity index (χ4n) is 3.44. The number of hydrogen-bond donors (Lipinski definition) is 4. The number of halogens is 1. The lowest BCUT2D eigenvalue weighted by Gasteiger charge is -2.29. The van der Waals surface area contributed by atoms with Crippen LogP contribution in [0.3, 0.4) is 0 Å². The summed E-state index contributed by atoms with van der Waals surface area (Å²) in [5.74, 6) is -0.584. The van der Waals surface area contributed by atoms with Gasteiger partial charge in [0.2, 0.25) is 0 Å². The van der Waals surface area contributed by atoms with Gasteiger partial charge in [0.25, 0.3) is 5.56 Å². The molecule has 2 heterocycles. The number of amidine groups is 1. The number of aromatic nitrogens is 1. The maximum absolute atomic E-state index is 14.2. The summed E-state index contributed by atoms with van der Waals surface area (Å²) in [6.45, 7) is 3.79. The third kappa shape index (κ3) is 3.29. The van der Waals surface area contributed by atoms with Crippen LogP contribution >= 0.6 is 0 Å². The van der Waals surface area contributed by atoms with Gasteiger partial charge in [0.15, 0.2) is 0 Å². The number of anilines is 2. The number of nitrogen functional groups attached to an aromatic ring is 1. The lowest BCUT2D eigenvalue weighted by atomic mass is 10.1. The second kappa shape index (κ2) is 7.32. The molecule has 3 aromatic rings. The number of hydrogen-bond acceptors (Lipinski definition) is 5. The van der Waals surface area contributed by atoms with E-state index in [0.29, 0.717) is 11.2 Å². The van der Waals surface area contributed by atoms with Crippen molar-refractivity contribution in [1.29, 1.82) is 0 Å². The normalized spacial score (nSPS) is 15.2. The zero-order chi connectivity index (χ0) is 19.7. The Balaban J connectivity index is 1.69. The smallest absolute Gasteiger partial charge is 0.261 e. The molecular formula is C20H21FN6O. The first-order chi connectivity index (χ1) is 13.5. The molecule has 0 aliphatic carbocycles. The molecule has 7 nitrogen and oxygen atoms in total. The van der Waals surface area contributed by atoms with Crippen molar-refractivity contribution in [2.45, 2.75) is 0 Å². The van der Waals surface area contributed by atoms with Crippen LogP contribution < -0.4 is 27.2 Å². The number of nitrogens with two attached hydrogens (primary N) is 2. The average Bonchev–Trinajstić information content (AvgIpc) is 2.69. The summed E-state index contributed by atoms with van der Waals surface area (Å²) >= 11 is 0. The van der Waals surface area contributed by atoms with Crippen molar-refractivity contribution >= 4 is 33.8 Å². The van der Waals surface area contributed by atoms with Gasteiger partial charge >= 0.3 is 0 Å². The Morgan fingerprint density at radius 3 is 2.54 bits per heavy atom. The van der Waals surface area contributed by atoms with E-state index in [-0.39, 0.29) is 22.5 Å². The molecule has 2 aromatic carbocycles. The topological polar surface area (TPSA) is 113 Å². The standard InChI is InChI=1S/C20H21FN6O/c21-14-2-1-3-15-16(14)18(22)17(20(28)26-15)19(23)25-12-4-6-13(7-5-12)27-10-8-24-9-11-27/h1-7,24H,8-11H2,(H2,23,25)(H3,22,26,28). The summed E-state index contributed by atoms with van der Waals surface area (Å²) in [5.41, 5.74) is 13.6. The van der Waals surface area contributed by atoms with Gasteiger partial charge < -0.3 is 26.7 Å². The van der Waals surface area contributed by atoms with Crippen molar-refractivity contribution in [3.8, 4) is 0 Å². The second-order valence-corrected chi connectivity index (χ2v) is 6.66. The number of nitrogens with one attached hydrogen (secondary N) is 2. The number of pyridine rings is 1. The Bertz CT molecular complexity index is 1100. The van der Waals surface area contributed by atoms with Crippen molar-refractivity contribution in [3.63, 3.8) is 0 Å². The Kier molecular flexibility index (Phi) is 4.70. The molecule has 0 spiro atoms. The number of benzene rings is 2. The third-order valence-electron chi connectivity index (χ3n) is 4.87. The van der Waals surface area contributed by atoms with Crippen molar-refractivity contribution in [2.24, 2.45) is 10.7 Å². The van der Waals surface area contributed by atoms with E-state index in [0.717, 1.165) is 31.9 Å². The van der Waals surface area contributed by atoms with Crippen LogP contribution in [-0.2, 0) is 0 Å². The average molecular weight is 380 g/mol. The Morgan fingerprint density at radius 2 is 1.82 bits per heavy atom. The fourth-order valence-corrected chi connectivity index (χ4v) is 3.44. The highest BCUT2D eigenvalue weighted by molar-refractivity contribution is 6.08. The minimum absolute atomic E-state index is 0.0180. The molecule has 1 aliphatic heterocycles. The van der Waals surface area contributed by atoms with Gasteiger partial charge in [-0.25, -0.2) is 9.38 Å². The van der Waals surface area contributed by atoms with Crippen LogP contribution in [0, 0.1) is 5.82 Å². The van der Waals surface area contributed by atoms with Crippen molar-refractivity contribution in [2.75, 3.05) is 36.8 Å². The Hall–Kier alpha value is -3.39. The first kappa shape index (κ1) is 18.0. The Morgan fingerprint density at radius 1 is 1.11 bits per heavy atom. The van der Waals surface area contributed by atoms with E-state index in [1.807, 2.05) is 24.3 Å². The summed E-state index contributed by atoms with van der Waals surface area (Å²) < 4.78 is 14.2. The van der Waals surface area contributed by atoms with E-state index in [2.05, 4.69) is 20.2 Å². The second-order valence-electron chi connectivity index (χ2n) is 6.66. The molecule has 0 bridgehead atoms. The van der Waals surface area contributed by atoms with E-state index in [4.69, 9.17) is 11.5 Å². The number of aliphatic imine (C=N–C) groups is 1. The maximum atomic E-state index is 14.2. The predicted octanol–water partition coefficient (Wildman–Crippen LogP) is 1.70. The minimum Gasteiger partial charge on any atom is -0.397 e. The van der Waals surface area contributed by atoms with E-state index in [1.54, 1.807) is 6.07 Å². The quantitative estimate of drug-likeness (QED) is 0.408. The number of piperazine rings is 1. The van der Waals surface area contributed by atoms with Crippen molar-refractivity contribution in [1.82, 2.24) is 10.3 Å². The molecule has 6 N–H and O–H groups in total. The van der Waals surface area contributed by atoms with Crippen LogP contribution in [0.2, 0.25) is 0 Å². The van der Waals surface area contributed by atoms with Gasteiger partial charge in [-0.15, -0.1) is 0 Å². The lowest BCUT2D eigenvalue weighted by Crippen LogP contribution is -2.43. The highest BCUT2D eigenvalue weighted by atomic mass is 19.1. The van der Waals surface area contributed by atoms with Gasteiger partial charge in [0.1, 0.15) is 17.2 Å². The van der Waals surface area contributed by atoms with Gasteiger partial charge in [0.05, 0.1) is 22.3 Å². The predicted molar refractivity (Wildman–Crippen MR) is 111 cm³/mol. The van der Waals surface area contributed by atoms with Gasteiger partial charge in [-0.3, -0.25) is 4.79 Å². The van der Waals surface area contributed by atoms with E-state index >= 15 is 0 Å². The first-order valence-corrected chi connectivity index (χ1v) is 9.05. The Labute approximate surface area is 160 Å². The van der Waals surface area contributed by atoms with Crippen LogP contribution in [0.15, 0.2) is 52.3 Å². The third-order valence-corrected chi connectivity index (χ3v) is 4.87. The van der Waals surface area contributed by atoms with Crippen LogP contribution in [0.1, 0.15) is 5.56 Å². The van der Waals surface area contributed by atoms with E-state index in [9.17, 15) is 9.18 Å². The summed E-state index contributed by atoms with van der Waals surface area (Å²) in [5, 5.41) is 3.45. The molecular weight excluding hydrogens is 359 g/mol. The van der Waals surface area contributed by atoms with Crippen LogP contribution in [0.5, 0.6) is 0 Å². The molecule has 1 fully saturated rings. The summed E-state index contributed by atoms with van der Waals surface area (Å²) in [4.78, 5) is 21.6. The molecule has 0 amide bonds. The molecule has 0 unspecified atom stereocenters. The van der Waals surface area contributed by atoms with Gasteiger partial charge in [-0.2, -0.15) is 0 Å². The van der Waals surface area contributed by atoms with E-state index in [1.165, 1.54) is 12.1 Å². The number of aromatic amines is 1. The molecule has 1 aliphatic rings. The lowest BCUT2D eigenvalue weighted by molar-refractivity contribution is 0.589. The summed E-state index contributed by atoms with van der Waals surface area (Å²) in [7, 11) is 0. The zero-order valence-electron chi connectivity index (χ0n) is 15.2. The molecule has 1 aromatic heterocycles. The highest BCUT2D eigenvalue weighted by Gasteiger charge is 2.16. The van der Waals surface area contributed by atoms with Crippen LogP contribution in [0.25, 0.3) is 10.9 Å². The molecule has 0 atom stereocenters. The first-order valence-electron chi connectivity index (χ1n) is 9.05. The van der Waals surface area contributed by atoms with Gasteiger partial charge in [-0.1, -0.05) is 6.07 Å². The minimum atomic E-state index is -0.527. The SMILES string of the molecule is NC(=Nc1ccc(N2CCNCC2)cc1)c1c(N)c2c(F)cccc2[nH]c1=O.